The minimum atomic E-state index is -1.24. The molecule has 0 aliphatic carbocycles. The van der Waals surface area contributed by atoms with E-state index in [-0.39, 0.29) is 12.8 Å². The molecule has 1 aliphatic rings. The van der Waals surface area contributed by atoms with E-state index in [1.807, 2.05) is 64.1 Å². The van der Waals surface area contributed by atoms with E-state index in [0.717, 1.165) is 14.7 Å². The molecule has 1 aliphatic heterocycles. The van der Waals surface area contributed by atoms with Crippen LogP contribution in [0.5, 0.6) is 5.75 Å². The van der Waals surface area contributed by atoms with Gasteiger partial charge < -0.3 is 50.1 Å². The van der Waals surface area contributed by atoms with Crippen LogP contribution in [-0.4, -0.2) is 96.9 Å². The lowest BCUT2D eigenvalue weighted by Crippen LogP contribution is -2.57. The summed E-state index contributed by atoms with van der Waals surface area (Å²) in [6.07, 6.45) is -0.824. The van der Waals surface area contributed by atoms with Crippen molar-refractivity contribution in [3.63, 3.8) is 0 Å². The van der Waals surface area contributed by atoms with Crippen LogP contribution in [0.15, 0.2) is 66.7 Å². The Balaban J connectivity index is 1.35. The molecule has 352 valence electrons. The van der Waals surface area contributed by atoms with Crippen LogP contribution in [0.4, 0.5) is 4.79 Å². The summed E-state index contributed by atoms with van der Waals surface area (Å²) in [7, 11) is 0.464. The third-order valence-corrected chi connectivity index (χ3v) is 11.7. The summed E-state index contributed by atoms with van der Waals surface area (Å²) in [5.74, 6) is -2.85. The molecule has 1 saturated heterocycles. The summed E-state index contributed by atoms with van der Waals surface area (Å²) < 4.78 is 29.5. The second-order valence-electron chi connectivity index (χ2n) is 17.9. The average Bonchev–Trinajstić information content (AvgIpc) is 3.44. The molecular formula is C46H60BClIN5O11. The molecule has 3 aromatic rings. The third-order valence-electron chi connectivity index (χ3n) is 10.7. The standard InChI is InChI=1S/C46H60BClIN5O11/c1-26(38(55)51-28(3)40(57)53-36(42(59)61-11)22-30-17-18-37(34(49)21-30)62-25-29-15-13-12-14-16-29)50-39(56)27(2)52-41(58)35(54-43(60)63-44(4,5)6)23-31-19-32(24-33(48)20-31)47-64-45(7,8)46(9,10)65-47/h12-21,24,26-28,35-36H,22-23,25H2,1-11H3,(H,50,56)(H,51,55)(H,52,58)(H,53,57)(H,54,60)/t26-,27-,28-,35-,36-/m0/s1. The minimum Gasteiger partial charge on any atom is -0.488 e. The second-order valence-corrected chi connectivity index (χ2v) is 19.5. The Kier molecular flexibility index (Phi) is 18.3. The Morgan fingerprint density at radius 3 is 1.77 bits per heavy atom. The predicted octanol–water partition coefficient (Wildman–Crippen LogP) is 4.67. The number of hydrogen-bond donors (Lipinski definition) is 5. The zero-order chi connectivity index (χ0) is 48.4. The van der Waals surface area contributed by atoms with Crippen molar-refractivity contribution in [1.29, 1.82) is 0 Å². The summed E-state index contributed by atoms with van der Waals surface area (Å²) >= 11 is 8.66. The number of alkyl carbamates (subject to hydrolysis) is 1. The average molecular weight is 1030 g/mol. The number of benzene rings is 3. The second kappa shape index (κ2) is 22.5. The highest BCUT2D eigenvalue weighted by Gasteiger charge is 2.52. The Hall–Kier alpha value is -4.92. The molecule has 0 spiro atoms. The van der Waals surface area contributed by atoms with Crippen LogP contribution in [0.1, 0.15) is 85.9 Å². The predicted molar refractivity (Wildman–Crippen MR) is 254 cm³/mol. The summed E-state index contributed by atoms with van der Waals surface area (Å²) in [6.45, 7) is 17.3. The number of amides is 5. The highest BCUT2D eigenvalue weighted by atomic mass is 127. The Morgan fingerprint density at radius 1 is 0.692 bits per heavy atom. The molecule has 16 nitrogen and oxygen atoms in total. The van der Waals surface area contributed by atoms with Gasteiger partial charge in [0.25, 0.3) is 0 Å². The quantitative estimate of drug-likeness (QED) is 0.0672. The van der Waals surface area contributed by atoms with E-state index in [1.165, 1.54) is 27.9 Å². The molecule has 4 rings (SSSR count). The van der Waals surface area contributed by atoms with E-state index in [9.17, 15) is 28.8 Å². The van der Waals surface area contributed by atoms with E-state index in [0.29, 0.717) is 28.4 Å². The highest BCUT2D eigenvalue weighted by Crippen LogP contribution is 2.36. The lowest BCUT2D eigenvalue weighted by atomic mass is 9.78. The molecule has 5 amide bonds. The molecule has 1 fully saturated rings. The smallest absolute Gasteiger partial charge is 0.488 e. The highest BCUT2D eigenvalue weighted by molar-refractivity contribution is 14.1. The van der Waals surface area contributed by atoms with Crippen LogP contribution in [0.25, 0.3) is 0 Å². The zero-order valence-electron chi connectivity index (χ0n) is 38.7. The number of nitrogens with one attached hydrogen (secondary N) is 5. The van der Waals surface area contributed by atoms with Gasteiger partial charge in [0.2, 0.25) is 23.6 Å². The van der Waals surface area contributed by atoms with Gasteiger partial charge in [-0.05, 0) is 138 Å². The maximum absolute atomic E-state index is 13.8. The van der Waals surface area contributed by atoms with Gasteiger partial charge in [-0.3, -0.25) is 19.2 Å². The van der Waals surface area contributed by atoms with Crippen LogP contribution >= 0.6 is 34.2 Å². The number of carbonyl (C=O) groups excluding carboxylic acids is 6. The van der Waals surface area contributed by atoms with Gasteiger partial charge in [-0.2, -0.15) is 0 Å². The van der Waals surface area contributed by atoms with Crippen molar-refractivity contribution in [1.82, 2.24) is 26.6 Å². The van der Waals surface area contributed by atoms with Crippen LogP contribution in [0.3, 0.4) is 0 Å². The number of hydrogen-bond acceptors (Lipinski definition) is 11. The van der Waals surface area contributed by atoms with Crippen molar-refractivity contribution in [2.45, 2.75) is 136 Å². The molecule has 1 heterocycles. The first-order chi connectivity index (χ1) is 30.3. The van der Waals surface area contributed by atoms with E-state index in [1.54, 1.807) is 51.1 Å². The van der Waals surface area contributed by atoms with E-state index in [4.69, 9.17) is 35.1 Å². The molecule has 0 aromatic heterocycles. The van der Waals surface area contributed by atoms with Gasteiger partial charge in [-0.25, -0.2) is 9.59 Å². The molecule has 5 atom stereocenters. The zero-order valence-corrected chi connectivity index (χ0v) is 41.6. The minimum absolute atomic E-state index is 0.0577. The lowest BCUT2D eigenvalue weighted by molar-refractivity contribution is -0.145. The van der Waals surface area contributed by atoms with Crippen molar-refractivity contribution in [3.8, 4) is 5.75 Å². The molecule has 3 aromatic carbocycles. The number of rotatable bonds is 18. The fourth-order valence-electron chi connectivity index (χ4n) is 6.38. The molecule has 0 radical (unpaired) electrons. The van der Waals surface area contributed by atoms with Gasteiger partial charge in [-0.1, -0.05) is 54.1 Å². The van der Waals surface area contributed by atoms with E-state index >= 15 is 0 Å². The normalized spacial score (nSPS) is 16.4. The number of halogens is 2. The molecule has 65 heavy (non-hydrogen) atoms. The van der Waals surface area contributed by atoms with Crippen molar-refractivity contribution < 1.29 is 52.3 Å². The lowest BCUT2D eigenvalue weighted by Gasteiger charge is -2.32. The maximum Gasteiger partial charge on any atom is 0.494 e. The van der Waals surface area contributed by atoms with Crippen LogP contribution in [0.2, 0.25) is 5.02 Å². The molecule has 0 bridgehead atoms. The van der Waals surface area contributed by atoms with Crippen LogP contribution in [-0.2, 0) is 62.2 Å². The van der Waals surface area contributed by atoms with E-state index in [2.05, 4.69) is 49.2 Å². The Morgan fingerprint density at radius 2 is 1.23 bits per heavy atom. The Bertz CT molecular complexity index is 2190. The first kappa shape index (κ1) is 52.7. The largest absolute Gasteiger partial charge is 0.494 e. The number of ether oxygens (including phenoxy) is 3. The summed E-state index contributed by atoms with van der Waals surface area (Å²) in [4.78, 5) is 79.3. The SMILES string of the molecule is COC(=O)[C@H](Cc1ccc(OCc2ccccc2)c(I)c1)NC(=O)[C@H](C)NC(=O)[C@H](C)NC(=O)[C@H](C)NC(=O)[C@H](Cc1cc(Cl)cc(B2OC(C)(C)C(C)(C)O2)c1)NC(=O)OC(C)(C)C. The molecule has 0 saturated carbocycles. The maximum atomic E-state index is 13.8. The first-order valence-electron chi connectivity index (χ1n) is 21.2. The van der Waals surface area contributed by atoms with Gasteiger partial charge in [0.05, 0.1) is 21.9 Å². The van der Waals surface area contributed by atoms with Crippen molar-refractivity contribution in [2.75, 3.05) is 7.11 Å². The number of esters is 1. The monoisotopic (exact) mass is 1030 g/mol. The van der Waals surface area contributed by atoms with Crippen molar-refractivity contribution in [3.05, 3.63) is 92.0 Å². The van der Waals surface area contributed by atoms with Crippen LogP contribution in [0, 0.1) is 3.57 Å². The fraction of sp³-hybridized carbons (Fsp3) is 0.478. The summed E-state index contributed by atoms with van der Waals surface area (Å²) in [6, 6.07) is 14.5. The molecule has 5 N–H and O–H groups in total. The van der Waals surface area contributed by atoms with Crippen LogP contribution < -0.4 is 36.8 Å². The Labute approximate surface area is 400 Å². The molecular weight excluding hydrogens is 972 g/mol. The molecule has 0 unspecified atom stereocenters. The van der Waals surface area contributed by atoms with Crippen molar-refractivity contribution in [2.24, 2.45) is 0 Å². The number of carbonyl (C=O) groups is 6. The molecule has 19 heteroatoms. The number of methoxy groups -OCH3 is 1. The summed E-state index contributed by atoms with van der Waals surface area (Å²) in [5, 5.41) is 13.3. The third kappa shape index (κ3) is 15.6. The van der Waals surface area contributed by atoms with Gasteiger partial charge >= 0.3 is 19.2 Å². The van der Waals surface area contributed by atoms with Crippen molar-refractivity contribution >= 4 is 82.5 Å². The van der Waals surface area contributed by atoms with Gasteiger partial charge in [0, 0.05) is 17.9 Å². The van der Waals surface area contributed by atoms with Gasteiger partial charge in [-0.15, -0.1) is 0 Å². The topological polar surface area (TPSA) is 209 Å². The first-order valence-corrected chi connectivity index (χ1v) is 22.6. The van der Waals surface area contributed by atoms with E-state index < -0.39 is 89.8 Å². The van der Waals surface area contributed by atoms with Gasteiger partial charge in [0.1, 0.15) is 48.2 Å². The summed E-state index contributed by atoms with van der Waals surface area (Å²) in [5.41, 5.74) is 0.803. The van der Waals surface area contributed by atoms with Gasteiger partial charge in [0.15, 0.2) is 0 Å². The fourth-order valence-corrected chi connectivity index (χ4v) is 7.38.